The minimum Gasteiger partial charge on any atom is -0.257 e. The highest BCUT2D eigenvalue weighted by atomic mass is 14.7. The van der Waals surface area contributed by atoms with Gasteiger partial charge >= 0.3 is 0 Å². The quantitative estimate of drug-likeness (QED) is 0.549. The molecular formula is C10H13N. The molecule has 1 aromatic heterocycles. The average molecular weight is 147 g/mol. The monoisotopic (exact) mass is 147 g/mol. The standard InChI is InChI=1S/C10H11N.H2/c1-8-4-5-9-3-2-6-11-10(9)7-8;/h2-3,6-7H,4-5H2,1H3;1H. The third-order valence-corrected chi connectivity index (χ3v) is 2.10. The Morgan fingerprint density at radius 2 is 2.36 bits per heavy atom. The second-order valence-corrected chi connectivity index (χ2v) is 3.04. The second-order valence-electron chi connectivity index (χ2n) is 3.04. The molecule has 11 heavy (non-hydrogen) atoms. The lowest BCUT2D eigenvalue weighted by atomic mass is 9.97. The number of hydrogen-bond acceptors (Lipinski definition) is 1. The SMILES string of the molecule is CC1=Cc2ncccc2CC1.[HH]. The molecule has 2 rings (SSSR count). The van der Waals surface area contributed by atoms with Crippen molar-refractivity contribution >= 4 is 6.08 Å². The average Bonchev–Trinajstić information content (AvgIpc) is 2.04. The van der Waals surface area contributed by atoms with Crippen LogP contribution in [0.2, 0.25) is 0 Å². The fraction of sp³-hybridized carbons (Fsp3) is 0.300. The molecule has 1 heteroatoms. The third-order valence-electron chi connectivity index (χ3n) is 2.10. The fourth-order valence-corrected chi connectivity index (χ4v) is 1.43. The van der Waals surface area contributed by atoms with Gasteiger partial charge in [-0.2, -0.15) is 0 Å². The summed E-state index contributed by atoms with van der Waals surface area (Å²) in [5.41, 5.74) is 3.99. The van der Waals surface area contributed by atoms with Gasteiger partial charge in [0.25, 0.3) is 0 Å². The molecule has 1 aliphatic carbocycles. The van der Waals surface area contributed by atoms with E-state index in [1.54, 1.807) is 0 Å². The maximum Gasteiger partial charge on any atom is 0.0661 e. The van der Waals surface area contributed by atoms with Crippen molar-refractivity contribution in [3.05, 3.63) is 35.2 Å². The van der Waals surface area contributed by atoms with Crippen LogP contribution in [0.25, 0.3) is 6.08 Å². The third kappa shape index (κ3) is 1.18. The topological polar surface area (TPSA) is 12.9 Å². The van der Waals surface area contributed by atoms with Gasteiger partial charge in [0.1, 0.15) is 0 Å². The first-order chi connectivity index (χ1) is 5.36. The van der Waals surface area contributed by atoms with E-state index in [0.717, 1.165) is 12.1 Å². The largest absolute Gasteiger partial charge is 0.257 e. The van der Waals surface area contributed by atoms with Crippen LogP contribution in [-0.2, 0) is 6.42 Å². The zero-order valence-electron chi connectivity index (χ0n) is 6.67. The Morgan fingerprint density at radius 3 is 3.27 bits per heavy atom. The normalized spacial score (nSPS) is 15.5. The van der Waals surface area contributed by atoms with Gasteiger partial charge in [-0.1, -0.05) is 11.6 Å². The molecule has 0 fully saturated rings. The summed E-state index contributed by atoms with van der Waals surface area (Å²) in [5.74, 6) is 0. The van der Waals surface area contributed by atoms with E-state index < -0.39 is 0 Å². The van der Waals surface area contributed by atoms with Crippen LogP contribution in [0.4, 0.5) is 0 Å². The minimum atomic E-state index is 0. The van der Waals surface area contributed by atoms with Crippen molar-refractivity contribution in [2.45, 2.75) is 19.8 Å². The zero-order chi connectivity index (χ0) is 7.68. The number of rotatable bonds is 0. The van der Waals surface area contributed by atoms with E-state index in [1.165, 1.54) is 17.6 Å². The summed E-state index contributed by atoms with van der Waals surface area (Å²) in [6, 6.07) is 4.17. The number of aromatic nitrogens is 1. The fourth-order valence-electron chi connectivity index (χ4n) is 1.43. The summed E-state index contributed by atoms with van der Waals surface area (Å²) in [6.45, 7) is 2.16. The number of allylic oxidation sites excluding steroid dienone is 1. The Kier molecular flexibility index (Phi) is 1.50. The van der Waals surface area contributed by atoms with E-state index in [0.29, 0.717) is 0 Å². The molecule has 0 spiro atoms. The van der Waals surface area contributed by atoms with Crippen LogP contribution >= 0.6 is 0 Å². The van der Waals surface area contributed by atoms with Gasteiger partial charge in [-0.25, -0.2) is 0 Å². The molecule has 0 atom stereocenters. The number of hydrogen-bond donors (Lipinski definition) is 0. The van der Waals surface area contributed by atoms with Crippen molar-refractivity contribution in [1.29, 1.82) is 0 Å². The second kappa shape index (κ2) is 2.50. The van der Waals surface area contributed by atoms with Gasteiger partial charge < -0.3 is 0 Å². The number of pyridine rings is 1. The lowest BCUT2D eigenvalue weighted by Gasteiger charge is -2.11. The molecule has 0 bridgehead atoms. The summed E-state index contributed by atoms with van der Waals surface area (Å²) in [7, 11) is 0. The van der Waals surface area contributed by atoms with Gasteiger partial charge in [0.15, 0.2) is 0 Å². The Balaban J connectivity index is 0.000000720. The summed E-state index contributed by atoms with van der Waals surface area (Å²) in [5, 5.41) is 0. The molecule has 0 aliphatic heterocycles. The minimum absolute atomic E-state index is 0. The van der Waals surface area contributed by atoms with Gasteiger partial charge in [0, 0.05) is 7.62 Å². The number of nitrogens with zero attached hydrogens (tertiary/aromatic N) is 1. The van der Waals surface area contributed by atoms with Crippen molar-refractivity contribution in [2.75, 3.05) is 0 Å². The summed E-state index contributed by atoms with van der Waals surface area (Å²) < 4.78 is 0. The maximum absolute atomic E-state index is 4.29. The van der Waals surface area contributed by atoms with Gasteiger partial charge in [-0.3, -0.25) is 4.98 Å². The molecule has 1 heterocycles. The predicted molar refractivity (Wildman–Crippen MR) is 48.3 cm³/mol. The van der Waals surface area contributed by atoms with Crippen LogP contribution in [-0.4, -0.2) is 4.98 Å². The molecule has 0 saturated heterocycles. The molecule has 1 aliphatic rings. The first kappa shape index (κ1) is 6.59. The highest BCUT2D eigenvalue weighted by Crippen LogP contribution is 2.20. The highest BCUT2D eigenvalue weighted by molar-refractivity contribution is 5.54. The molecule has 58 valence electrons. The molecule has 0 N–H and O–H groups in total. The van der Waals surface area contributed by atoms with Crippen LogP contribution in [0.5, 0.6) is 0 Å². The first-order valence-corrected chi connectivity index (χ1v) is 3.97. The molecule has 0 amide bonds. The first-order valence-electron chi connectivity index (χ1n) is 3.97. The van der Waals surface area contributed by atoms with E-state index in [4.69, 9.17) is 0 Å². The number of fused-ring (bicyclic) bond motifs is 1. The highest BCUT2D eigenvalue weighted by Gasteiger charge is 2.06. The Labute approximate surface area is 68.3 Å². The molecule has 1 nitrogen and oxygen atoms in total. The Bertz CT molecular complexity index is 304. The molecule has 0 unspecified atom stereocenters. The Hall–Kier alpha value is -1.11. The summed E-state index contributed by atoms with van der Waals surface area (Å²) in [6.07, 6.45) is 6.39. The molecule has 0 saturated carbocycles. The van der Waals surface area contributed by atoms with Crippen LogP contribution in [0.15, 0.2) is 23.9 Å². The van der Waals surface area contributed by atoms with Crippen LogP contribution in [0.1, 0.15) is 26.0 Å². The molecular weight excluding hydrogens is 134 g/mol. The van der Waals surface area contributed by atoms with Gasteiger partial charge in [0.05, 0.1) is 5.69 Å². The van der Waals surface area contributed by atoms with E-state index >= 15 is 0 Å². The van der Waals surface area contributed by atoms with Gasteiger partial charge in [0.2, 0.25) is 0 Å². The number of aryl methyl sites for hydroxylation is 1. The molecule has 0 aromatic carbocycles. The van der Waals surface area contributed by atoms with Gasteiger partial charge in [-0.05, 0) is 37.5 Å². The summed E-state index contributed by atoms with van der Waals surface area (Å²) >= 11 is 0. The van der Waals surface area contributed by atoms with Crippen molar-refractivity contribution in [1.82, 2.24) is 4.98 Å². The van der Waals surface area contributed by atoms with Crippen molar-refractivity contribution in [3.8, 4) is 0 Å². The van der Waals surface area contributed by atoms with Crippen LogP contribution in [0.3, 0.4) is 0 Å². The molecule has 0 radical (unpaired) electrons. The predicted octanol–water partition coefficient (Wildman–Crippen LogP) is 2.68. The summed E-state index contributed by atoms with van der Waals surface area (Å²) in [4.78, 5) is 4.29. The lowest BCUT2D eigenvalue weighted by molar-refractivity contribution is 0.912. The Morgan fingerprint density at radius 1 is 1.45 bits per heavy atom. The van der Waals surface area contributed by atoms with Crippen LogP contribution < -0.4 is 0 Å². The van der Waals surface area contributed by atoms with Crippen molar-refractivity contribution in [3.63, 3.8) is 0 Å². The van der Waals surface area contributed by atoms with Crippen molar-refractivity contribution in [2.24, 2.45) is 0 Å². The van der Waals surface area contributed by atoms with E-state index in [9.17, 15) is 0 Å². The van der Waals surface area contributed by atoms with Crippen molar-refractivity contribution < 1.29 is 1.43 Å². The zero-order valence-corrected chi connectivity index (χ0v) is 6.67. The molecule has 1 aromatic rings. The lowest BCUT2D eigenvalue weighted by Crippen LogP contribution is -1.98. The smallest absolute Gasteiger partial charge is 0.0661 e. The van der Waals surface area contributed by atoms with E-state index in [1.807, 2.05) is 12.3 Å². The van der Waals surface area contributed by atoms with Gasteiger partial charge in [-0.15, -0.1) is 0 Å². The van der Waals surface area contributed by atoms with E-state index in [-0.39, 0.29) is 1.43 Å². The van der Waals surface area contributed by atoms with Crippen LogP contribution in [0, 0.1) is 0 Å². The van der Waals surface area contributed by atoms with E-state index in [2.05, 4.69) is 24.1 Å². The maximum atomic E-state index is 4.29.